The number of rotatable bonds is 55. The number of guanidine groups is 2. The number of imidazole rings is 1. The lowest BCUT2D eigenvalue weighted by Crippen LogP contribution is -2.61. The predicted molar refractivity (Wildman–Crippen MR) is 518 cm³/mol. The van der Waals surface area contributed by atoms with Crippen LogP contribution in [-0.2, 0) is 88.0 Å². The van der Waals surface area contributed by atoms with Gasteiger partial charge in [0, 0.05) is 155 Å². The lowest BCUT2D eigenvalue weighted by atomic mass is 9.98. The number of hydrazine groups is 1. The molecule has 0 spiro atoms. The van der Waals surface area contributed by atoms with Crippen LogP contribution in [0.2, 0.25) is 0 Å². The van der Waals surface area contributed by atoms with Gasteiger partial charge in [-0.2, -0.15) is 0 Å². The number of unbranched alkanes of at least 4 members (excludes halogenated alkanes) is 9. The van der Waals surface area contributed by atoms with Crippen molar-refractivity contribution in [2.24, 2.45) is 17.2 Å². The Morgan fingerprint density at radius 3 is 1.28 bits per heavy atom. The Bertz CT molecular complexity index is 5280. The number of H-pyrrole nitrogens is 3. The van der Waals surface area contributed by atoms with Crippen LogP contribution < -0.4 is 81.2 Å². The largest absolute Gasteiger partial charge is 0.480 e. The maximum absolute atomic E-state index is 15.5. The Balaban J connectivity index is 0.979. The summed E-state index contributed by atoms with van der Waals surface area (Å²) in [7, 11) is 0. The Kier molecular flexibility index (Phi) is 44.5. The molecule has 12 amide bonds. The molecule has 2 aliphatic rings. The molecule has 2 fully saturated rings. The van der Waals surface area contributed by atoms with Gasteiger partial charge in [-0.25, -0.2) is 15.2 Å². The monoisotopic (exact) mass is 1940 g/mol. The summed E-state index contributed by atoms with van der Waals surface area (Å²) in [6, 6.07) is 13.9. The quantitative estimate of drug-likeness (QED) is 0.00768. The molecule has 0 unspecified atom stereocenters. The summed E-state index contributed by atoms with van der Waals surface area (Å²) in [6.45, 7) is 0.262. The number of nitrogens with zero attached hydrogens (tertiary/aromatic N) is 6. The average Bonchev–Trinajstić information content (AvgIpc) is 1.64. The van der Waals surface area contributed by atoms with Crippen molar-refractivity contribution < 1.29 is 92.3 Å². The standard InChI is InChI=1S/C95H134N26O19/c1-2-3-4-5-6-7-8-9-10-14-28-70(107-79(123)54-117-39-41-118(55-80(124)125)43-45-120(57-82(128)129)46-44-119(42-40-117)56-81(126)127)84(131)108-71(29-19-36-102-93(96)97)85(132)111-74(49-64-52-105-69-27-18-16-25-67(64)69)88(135)114-77(58-122)90(137)112-75(50-65-53-101-59-106-65)89(136)109-72(30-20-37-103-94(98)99)86(133)110-73(48-63-51-104-68-26-17-15-24-66(63)68)87(134)113-76(92(139)121-38-21-31-78(121)91(138)115-116-95(100)140)47-60-32-34-62(35-33-60)83(130)61-22-12-11-13-23-61/h11-13,15-18,22-27,32-35,51-53,59,70-78,104-105,122H,2-10,14,19-21,28-31,36-50,54-58H2,1H3,(H,101,106)(H,107,123)(H,108,131)(H,109,136)(H,110,133)(H,111,132)(H,112,137)(H,113,134)(H,114,135)(H,115,138)(H,124,125)(H,126,127)(H,128,129)(H4,96,97,102)(H4,98,99,103)(H3,100,116,140)/t70-,71-,72+,73-,74-,75-,76+,77-,78-/m0/s1. The number of amides is 12. The molecule has 0 saturated carbocycles. The van der Waals surface area contributed by atoms with E-state index in [1.165, 1.54) is 17.4 Å². The number of fused-ring (bicyclic) bond motifs is 2. The molecule has 758 valence electrons. The minimum Gasteiger partial charge on any atom is -0.480 e. The zero-order chi connectivity index (χ0) is 101. The van der Waals surface area contributed by atoms with E-state index in [-0.39, 0.29) is 154 Å². The first-order valence-corrected chi connectivity index (χ1v) is 47.5. The Hall–Kier alpha value is -14.4. The Morgan fingerprint density at radius 2 is 0.829 bits per heavy atom. The normalized spacial score (nSPS) is 15.7. The van der Waals surface area contributed by atoms with Crippen LogP contribution in [0.3, 0.4) is 0 Å². The van der Waals surface area contributed by atoms with Crippen LogP contribution in [-0.4, -0.2) is 325 Å². The van der Waals surface area contributed by atoms with Gasteiger partial charge in [-0.15, -0.1) is 0 Å². The highest BCUT2D eigenvalue weighted by atomic mass is 16.4. The highest BCUT2D eigenvalue weighted by Gasteiger charge is 2.41. The molecule has 3 aromatic heterocycles. The number of likely N-dealkylation sites (tertiary alicyclic amines) is 1. The van der Waals surface area contributed by atoms with Crippen LogP contribution in [0.5, 0.6) is 0 Å². The topological polar surface area (TPSA) is 684 Å². The minimum atomic E-state index is -1.93. The summed E-state index contributed by atoms with van der Waals surface area (Å²) in [6.07, 6.45) is 14.2. The molecule has 2 aliphatic heterocycles. The summed E-state index contributed by atoms with van der Waals surface area (Å²) in [4.78, 5) is 233. The van der Waals surface area contributed by atoms with Crippen molar-refractivity contribution >= 4 is 123 Å². The number of primary amides is 1. The van der Waals surface area contributed by atoms with Gasteiger partial charge < -0.3 is 111 Å². The van der Waals surface area contributed by atoms with E-state index < -0.39 is 175 Å². The lowest BCUT2D eigenvalue weighted by molar-refractivity contribution is -0.142. The van der Waals surface area contributed by atoms with E-state index >= 15 is 38.4 Å². The highest BCUT2D eigenvalue weighted by Crippen LogP contribution is 2.25. The van der Waals surface area contributed by atoms with E-state index in [1.807, 2.05) is 5.43 Å². The van der Waals surface area contributed by atoms with Gasteiger partial charge in [0.2, 0.25) is 53.2 Å². The second kappa shape index (κ2) is 57.1. The fraction of sp³-hybridized carbons (Fsp3) is 0.495. The van der Waals surface area contributed by atoms with E-state index in [9.17, 15) is 54.0 Å². The number of carboxylic acids is 3. The van der Waals surface area contributed by atoms with Crippen LogP contribution in [0.1, 0.15) is 154 Å². The number of carbonyl (C=O) groups excluding carboxylic acids is 12. The number of para-hydroxylation sites is 2. The van der Waals surface area contributed by atoms with Crippen LogP contribution in [0.4, 0.5) is 4.79 Å². The van der Waals surface area contributed by atoms with Crippen LogP contribution in [0.25, 0.3) is 21.8 Å². The van der Waals surface area contributed by atoms with Crippen molar-refractivity contribution in [3.05, 3.63) is 162 Å². The SMILES string of the molecule is CCCCCCCCCCCC[C@H](NC(=O)CN1CCN(CC(=O)O)CCN(CC(=O)O)CCN(CC(=O)O)CC1)C(=O)N[C@@H](CCCNC(=N)N)C(=O)N[C@@H](Cc1c[nH]c2ccccc12)C(=O)N[C@@H](CO)C(=O)N[C@@H](Cc1cnc[nH]1)C(=O)N[C@H](CCCNC(=N)N)C(=O)N[C@@H](Cc1c[nH]c2ccccc12)C(=O)N[C@H](Cc1ccc(C(=O)c2ccccc2)cc1)C(=O)N1CCC[C@H]1C(=O)NNC(N)=O. The number of carboxylic acid groups (broad SMARTS) is 3. The molecule has 27 N–H and O–H groups in total. The van der Waals surface area contributed by atoms with Gasteiger partial charge in [-0.1, -0.05) is 162 Å². The Morgan fingerprint density at radius 1 is 0.429 bits per heavy atom. The van der Waals surface area contributed by atoms with Crippen molar-refractivity contribution in [1.29, 1.82) is 10.8 Å². The smallest absolute Gasteiger partial charge is 0.330 e. The third-order valence-electron chi connectivity index (χ3n) is 24.5. The van der Waals surface area contributed by atoms with Gasteiger partial charge in [0.15, 0.2) is 17.7 Å². The number of benzene rings is 4. The average molecular weight is 1940 g/mol. The zero-order valence-corrected chi connectivity index (χ0v) is 78.8. The van der Waals surface area contributed by atoms with Gasteiger partial charge >= 0.3 is 23.9 Å². The molecule has 7 aromatic rings. The summed E-state index contributed by atoms with van der Waals surface area (Å²) in [5.74, 6) is -13.7. The lowest BCUT2D eigenvalue weighted by Gasteiger charge is -2.33. The number of nitrogens with one attached hydrogen (secondary N) is 17. The summed E-state index contributed by atoms with van der Waals surface area (Å²) in [5.41, 5.74) is 24.6. The molecule has 140 heavy (non-hydrogen) atoms. The number of aliphatic hydroxyl groups is 1. The number of hydrogen-bond donors (Lipinski definition) is 24. The maximum Gasteiger partial charge on any atom is 0.330 e. The molecule has 5 heterocycles. The van der Waals surface area contributed by atoms with Crippen molar-refractivity contribution in [1.82, 2.24) is 108 Å². The molecule has 9 atom stereocenters. The fourth-order valence-corrected chi connectivity index (χ4v) is 17.0. The van der Waals surface area contributed by atoms with Gasteiger partial charge in [0.25, 0.3) is 5.91 Å². The van der Waals surface area contributed by atoms with Gasteiger partial charge in [-0.3, -0.25) is 103 Å². The van der Waals surface area contributed by atoms with E-state index in [0.717, 1.165) is 51.4 Å². The van der Waals surface area contributed by atoms with Crippen LogP contribution in [0.15, 0.2) is 128 Å². The fourth-order valence-electron chi connectivity index (χ4n) is 17.0. The molecule has 4 aromatic carbocycles. The molecule has 45 nitrogen and oxygen atoms in total. The number of hydrogen-bond acceptors (Lipinski definition) is 23. The summed E-state index contributed by atoms with van der Waals surface area (Å²) < 4.78 is 0. The van der Waals surface area contributed by atoms with Gasteiger partial charge in [0.05, 0.1) is 39.1 Å². The molecule has 9 rings (SSSR count). The molecule has 0 bridgehead atoms. The molecule has 45 heteroatoms. The molecular weight excluding hydrogens is 1810 g/mol. The second-order valence-corrected chi connectivity index (χ2v) is 35.1. The van der Waals surface area contributed by atoms with Crippen molar-refractivity contribution in [3.63, 3.8) is 0 Å². The summed E-state index contributed by atoms with van der Waals surface area (Å²) in [5, 5.41) is 85.3. The maximum atomic E-state index is 15.5. The van der Waals surface area contributed by atoms with Gasteiger partial charge in [-0.05, 0) is 73.8 Å². The van der Waals surface area contributed by atoms with Gasteiger partial charge in [0.1, 0.15) is 54.4 Å². The molecule has 0 radical (unpaired) electrons. The number of aliphatic hydroxyl groups excluding tert-OH is 1. The van der Waals surface area contributed by atoms with E-state index in [2.05, 4.69) is 85.5 Å². The molecule has 2 saturated heterocycles. The van der Waals surface area contributed by atoms with Crippen LogP contribution >= 0.6 is 0 Å². The van der Waals surface area contributed by atoms with Crippen molar-refractivity contribution in [2.75, 3.05) is 105 Å². The third kappa shape index (κ3) is 36.5. The van der Waals surface area contributed by atoms with E-state index in [4.69, 9.17) is 28.0 Å². The molecule has 0 aliphatic carbocycles. The first kappa shape index (κ1) is 109. The molecular formula is C95H134N26O19. The number of ketones is 1. The number of nitrogens with two attached hydrogens (primary N) is 3. The number of aromatic amines is 3. The number of urea groups is 1. The predicted octanol–water partition coefficient (Wildman–Crippen LogP) is -0.252. The third-order valence-corrected chi connectivity index (χ3v) is 24.5. The number of carbonyl (C=O) groups is 15. The highest BCUT2D eigenvalue weighted by molar-refractivity contribution is 6.09. The number of aliphatic carboxylic acids is 3. The number of aromatic nitrogens is 4. The van der Waals surface area contributed by atoms with Crippen LogP contribution in [0, 0.1) is 10.8 Å². The van der Waals surface area contributed by atoms with E-state index in [0.29, 0.717) is 68.9 Å². The minimum absolute atomic E-state index is 0.0137. The first-order valence-electron chi connectivity index (χ1n) is 47.5. The van der Waals surface area contributed by atoms with Crippen molar-refractivity contribution in [3.8, 4) is 0 Å². The van der Waals surface area contributed by atoms with E-state index in [1.54, 1.807) is 135 Å². The summed E-state index contributed by atoms with van der Waals surface area (Å²) >= 11 is 0. The first-order chi connectivity index (χ1) is 67.3. The zero-order valence-electron chi connectivity index (χ0n) is 78.8. The second-order valence-electron chi connectivity index (χ2n) is 35.1. The van der Waals surface area contributed by atoms with Crippen molar-refractivity contribution in [2.45, 2.75) is 196 Å². The Labute approximate surface area is 810 Å².